The maximum Gasteiger partial charge on any atom is 0.218 e. The molecule has 2 atom stereocenters. The molecule has 1 heterocycles. The van der Waals surface area contributed by atoms with Crippen LogP contribution >= 0.6 is 24.0 Å². The monoisotopic (exact) mass is 404 g/mol. The number of sulfonamides is 1. The summed E-state index contributed by atoms with van der Waals surface area (Å²) in [6, 6.07) is 13.4. The van der Waals surface area contributed by atoms with Gasteiger partial charge in [0.2, 0.25) is 10.0 Å². The fourth-order valence-corrected chi connectivity index (χ4v) is 4.78. The van der Waals surface area contributed by atoms with Crippen LogP contribution < -0.4 is 5.73 Å². The molecule has 3 rings (SSSR count). The molecular weight excluding hydrogens is 386 g/mol. The van der Waals surface area contributed by atoms with Crippen molar-refractivity contribution < 1.29 is 12.8 Å². The Balaban J connectivity index is 0.00000225. The third-order valence-electron chi connectivity index (χ3n) is 4.29. The summed E-state index contributed by atoms with van der Waals surface area (Å²) in [6.07, 6.45) is 0. The van der Waals surface area contributed by atoms with E-state index in [9.17, 15) is 12.8 Å². The molecule has 0 spiro atoms. The Labute approximate surface area is 158 Å². The van der Waals surface area contributed by atoms with Crippen LogP contribution in [-0.4, -0.2) is 31.9 Å². The zero-order valence-corrected chi connectivity index (χ0v) is 15.7. The SMILES string of the molecule is Cl.N[C@@H]1CN(S(=O)(=O)Cc2ccc(F)c(Cl)c2)C[C@H]1c1ccccc1. The van der Waals surface area contributed by atoms with Gasteiger partial charge >= 0.3 is 0 Å². The van der Waals surface area contributed by atoms with E-state index in [2.05, 4.69) is 0 Å². The second-order valence-corrected chi connectivity index (χ2v) is 8.38. The number of nitrogens with two attached hydrogens (primary N) is 1. The molecule has 25 heavy (non-hydrogen) atoms. The van der Waals surface area contributed by atoms with Crippen LogP contribution in [0.25, 0.3) is 0 Å². The van der Waals surface area contributed by atoms with Gasteiger partial charge in [-0.25, -0.2) is 12.8 Å². The molecule has 0 amide bonds. The minimum atomic E-state index is -3.54. The van der Waals surface area contributed by atoms with Crippen LogP contribution in [-0.2, 0) is 15.8 Å². The smallest absolute Gasteiger partial charge is 0.218 e. The fourth-order valence-electron chi connectivity index (χ4n) is 3.00. The second kappa shape index (κ2) is 8.01. The van der Waals surface area contributed by atoms with Gasteiger partial charge < -0.3 is 5.73 Å². The Morgan fingerprint density at radius 2 is 1.84 bits per heavy atom. The van der Waals surface area contributed by atoms with E-state index in [4.69, 9.17) is 17.3 Å². The minimum absolute atomic E-state index is 0. The minimum Gasteiger partial charge on any atom is -0.326 e. The molecule has 0 saturated carbocycles. The molecule has 1 saturated heterocycles. The second-order valence-electron chi connectivity index (χ2n) is 6.00. The highest BCUT2D eigenvalue weighted by molar-refractivity contribution is 7.88. The molecule has 0 aliphatic carbocycles. The molecular formula is C17H19Cl2FN2O2S. The van der Waals surface area contributed by atoms with E-state index >= 15 is 0 Å². The lowest BCUT2D eigenvalue weighted by Crippen LogP contribution is -2.33. The highest BCUT2D eigenvalue weighted by atomic mass is 35.5. The van der Waals surface area contributed by atoms with Crippen molar-refractivity contribution >= 4 is 34.0 Å². The molecule has 1 aliphatic rings. The van der Waals surface area contributed by atoms with Gasteiger partial charge in [0.25, 0.3) is 0 Å². The molecule has 136 valence electrons. The van der Waals surface area contributed by atoms with Crippen LogP contribution in [0.5, 0.6) is 0 Å². The highest BCUT2D eigenvalue weighted by Gasteiger charge is 2.37. The Hall–Kier alpha value is -1.18. The maximum absolute atomic E-state index is 13.2. The molecule has 0 bridgehead atoms. The number of rotatable bonds is 4. The van der Waals surface area contributed by atoms with Gasteiger partial charge in [-0.1, -0.05) is 48.0 Å². The van der Waals surface area contributed by atoms with Crippen molar-refractivity contribution in [2.24, 2.45) is 5.73 Å². The number of nitrogens with zero attached hydrogens (tertiary/aromatic N) is 1. The molecule has 1 aliphatic heterocycles. The van der Waals surface area contributed by atoms with Crippen molar-refractivity contribution in [2.45, 2.75) is 17.7 Å². The molecule has 2 N–H and O–H groups in total. The maximum atomic E-state index is 13.2. The first-order valence-corrected chi connectivity index (χ1v) is 9.58. The van der Waals surface area contributed by atoms with Gasteiger partial charge in [-0.3, -0.25) is 0 Å². The van der Waals surface area contributed by atoms with Crippen LogP contribution in [0.15, 0.2) is 48.5 Å². The quantitative estimate of drug-likeness (QED) is 0.850. The predicted molar refractivity (Wildman–Crippen MR) is 100 cm³/mol. The van der Waals surface area contributed by atoms with Crippen LogP contribution in [0.4, 0.5) is 4.39 Å². The topological polar surface area (TPSA) is 63.4 Å². The average molecular weight is 405 g/mol. The van der Waals surface area contributed by atoms with Crippen molar-refractivity contribution in [3.05, 3.63) is 70.5 Å². The molecule has 8 heteroatoms. The van der Waals surface area contributed by atoms with E-state index in [1.165, 1.54) is 22.5 Å². The van der Waals surface area contributed by atoms with Gasteiger partial charge in [-0.15, -0.1) is 12.4 Å². The number of hydrogen-bond donors (Lipinski definition) is 1. The standard InChI is InChI=1S/C17H18ClFN2O2S.ClH/c18-15-8-12(6-7-16(15)19)11-24(22,23)21-9-14(17(20)10-21)13-4-2-1-3-5-13;/h1-8,14,17H,9-11,20H2;1H/t14-,17+;/m0./s1. The summed E-state index contributed by atoms with van der Waals surface area (Å²) in [6.45, 7) is 0.624. The van der Waals surface area contributed by atoms with Gasteiger partial charge in [0.05, 0.1) is 10.8 Å². The lowest BCUT2D eigenvalue weighted by molar-refractivity contribution is 0.469. The normalized spacial score (nSPS) is 21.1. The summed E-state index contributed by atoms with van der Waals surface area (Å²) in [5, 5.41) is -0.0806. The first kappa shape index (κ1) is 20.1. The Morgan fingerprint density at radius 3 is 2.48 bits per heavy atom. The summed E-state index contributed by atoms with van der Waals surface area (Å²) < 4.78 is 39.9. The average Bonchev–Trinajstić information content (AvgIpc) is 2.94. The van der Waals surface area contributed by atoms with Gasteiger partial charge in [0, 0.05) is 25.0 Å². The summed E-state index contributed by atoms with van der Waals surface area (Å²) in [5.74, 6) is -0.816. The van der Waals surface area contributed by atoms with Crippen LogP contribution in [0.2, 0.25) is 5.02 Å². The van der Waals surface area contributed by atoms with Crippen molar-refractivity contribution in [3.63, 3.8) is 0 Å². The Morgan fingerprint density at radius 1 is 1.16 bits per heavy atom. The largest absolute Gasteiger partial charge is 0.326 e. The van der Waals surface area contributed by atoms with E-state index in [1.807, 2.05) is 30.3 Å². The summed E-state index contributed by atoms with van der Waals surface area (Å²) >= 11 is 5.73. The van der Waals surface area contributed by atoms with Gasteiger partial charge in [-0.2, -0.15) is 4.31 Å². The summed E-state index contributed by atoms with van der Waals surface area (Å²) in [4.78, 5) is 0. The molecule has 0 aromatic heterocycles. The molecule has 1 fully saturated rings. The van der Waals surface area contributed by atoms with E-state index in [1.54, 1.807) is 0 Å². The first-order chi connectivity index (χ1) is 11.4. The predicted octanol–water partition coefficient (Wildman–Crippen LogP) is 3.16. The van der Waals surface area contributed by atoms with Gasteiger partial charge in [-0.05, 0) is 23.3 Å². The fraction of sp³-hybridized carbons (Fsp3) is 0.294. The van der Waals surface area contributed by atoms with Crippen LogP contribution in [0.3, 0.4) is 0 Å². The molecule has 4 nitrogen and oxygen atoms in total. The molecule has 2 aromatic carbocycles. The van der Waals surface area contributed by atoms with E-state index in [0.29, 0.717) is 12.1 Å². The van der Waals surface area contributed by atoms with Gasteiger partial charge in [0.15, 0.2) is 0 Å². The molecule has 0 radical (unpaired) electrons. The van der Waals surface area contributed by atoms with E-state index < -0.39 is 15.8 Å². The number of hydrogen-bond acceptors (Lipinski definition) is 3. The third kappa shape index (κ3) is 4.51. The summed E-state index contributed by atoms with van der Waals surface area (Å²) in [7, 11) is -3.54. The van der Waals surface area contributed by atoms with Crippen LogP contribution in [0, 0.1) is 5.82 Å². The third-order valence-corrected chi connectivity index (χ3v) is 6.36. The first-order valence-electron chi connectivity index (χ1n) is 7.59. The molecule has 0 unspecified atom stereocenters. The van der Waals surface area contributed by atoms with Crippen molar-refractivity contribution in [3.8, 4) is 0 Å². The Kier molecular flexibility index (Phi) is 6.45. The zero-order valence-electron chi connectivity index (χ0n) is 13.3. The molecule has 2 aromatic rings. The number of benzene rings is 2. The lowest BCUT2D eigenvalue weighted by Gasteiger charge is -2.17. The van der Waals surface area contributed by atoms with Gasteiger partial charge in [0.1, 0.15) is 5.82 Å². The highest BCUT2D eigenvalue weighted by Crippen LogP contribution is 2.29. The van der Waals surface area contributed by atoms with Crippen LogP contribution in [0.1, 0.15) is 17.0 Å². The van der Waals surface area contributed by atoms with Crippen molar-refractivity contribution in [2.75, 3.05) is 13.1 Å². The zero-order chi connectivity index (χ0) is 17.3. The van der Waals surface area contributed by atoms with E-state index in [-0.39, 0.29) is 41.7 Å². The Bertz CT molecular complexity index is 834. The number of halogens is 3. The van der Waals surface area contributed by atoms with E-state index in [0.717, 1.165) is 5.56 Å². The van der Waals surface area contributed by atoms with Crippen molar-refractivity contribution in [1.82, 2.24) is 4.31 Å². The lowest BCUT2D eigenvalue weighted by atomic mass is 9.95. The summed E-state index contributed by atoms with van der Waals surface area (Å²) in [5.41, 5.74) is 7.65. The van der Waals surface area contributed by atoms with Crippen molar-refractivity contribution in [1.29, 1.82) is 0 Å².